The SMILES string of the molecule is C=C(CC)CC(NN)c1cc(C(F)(F)F)ccc1F. The highest BCUT2D eigenvalue weighted by Gasteiger charge is 2.32. The van der Waals surface area contributed by atoms with Crippen molar-refractivity contribution < 1.29 is 17.6 Å². The van der Waals surface area contributed by atoms with Gasteiger partial charge in [-0.1, -0.05) is 19.1 Å². The fourth-order valence-electron chi connectivity index (χ4n) is 1.68. The third-order valence-electron chi connectivity index (χ3n) is 2.89. The lowest BCUT2D eigenvalue weighted by Crippen LogP contribution is -2.29. The molecule has 19 heavy (non-hydrogen) atoms. The van der Waals surface area contributed by atoms with Crippen LogP contribution in [0.1, 0.15) is 36.9 Å². The third-order valence-corrected chi connectivity index (χ3v) is 2.89. The van der Waals surface area contributed by atoms with Crippen molar-refractivity contribution in [3.63, 3.8) is 0 Å². The Balaban J connectivity index is 3.12. The minimum Gasteiger partial charge on any atom is -0.271 e. The van der Waals surface area contributed by atoms with Crippen LogP contribution in [0.2, 0.25) is 0 Å². The molecule has 0 bridgehead atoms. The molecule has 3 N–H and O–H groups in total. The molecule has 0 heterocycles. The molecule has 0 spiro atoms. The Labute approximate surface area is 109 Å². The van der Waals surface area contributed by atoms with Crippen molar-refractivity contribution in [2.45, 2.75) is 32.0 Å². The molecule has 0 aliphatic rings. The quantitative estimate of drug-likeness (QED) is 0.372. The first-order chi connectivity index (χ1) is 8.79. The van der Waals surface area contributed by atoms with Crippen LogP contribution in [0.25, 0.3) is 0 Å². The molecule has 0 aliphatic carbocycles. The number of hydrogen-bond acceptors (Lipinski definition) is 2. The maximum Gasteiger partial charge on any atom is 0.416 e. The maximum atomic E-state index is 13.7. The summed E-state index contributed by atoms with van der Waals surface area (Å²) < 4.78 is 51.5. The van der Waals surface area contributed by atoms with Crippen LogP contribution >= 0.6 is 0 Å². The van der Waals surface area contributed by atoms with E-state index in [4.69, 9.17) is 5.84 Å². The van der Waals surface area contributed by atoms with E-state index >= 15 is 0 Å². The summed E-state index contributed by atoms with van der Waals surface area (Å²) in [5.41, 5.74) is 2.11. The summed E-state index contributed by atoms with van der Waals surface area (Å²) in [4.78, 5) is 0. The summed E-state index contributed by atoms with van der Waals surface area (Å²) in [7, 11) is 0. The van der Waals surface area contributed by atoms with Gasteiger partial charge < -0.3 is 0 Å². The van der Waals surface area contributed by atoms with E-state index in [0.717, 1.165) is 17.7 Å². The minimum absolute atomic E-state index is 0.105. The van der Waals surface area contributed by atoms with E-state index in [0.29, 0.717) is 12.5 Å². The minimum atomic E-state index is -4.51. The molecule has 0 saturated carbocycles. The van der Waals surface area contributed by atoms with Gasteiger partial charge >= 0.3 is 6.18 Å². The monoisotopic (exact) mass is 276 g/mol. The van der Waals surface area contributed by atoms with E-state index in [-0.39, 0.29) is 12.0 Å². The van der Waals surface area contributed by atoms with Crippen LogP contribution in [0.15, 0.2) is 30.4 Å². The van der Waals surface area contributed by atoms with E-state index in [1.807, 2.05) is 6.92 Å². The normalized spacial score (nSPS) is 13.4. The van der Waals surface area contributed by atoms with Crippen molar-refractivity contribution in [1.29, 1.82) is 0 Å². The summed E-state index contributed by atoms with van der Waals surface area (Å²) in [6.45, 7) is 5.61. The number of benzene rings is 1. The van der Waals surface area contributed by atoms with Crippen molar-refractivity contribution in [2.75, 3.05) is 0 Å². The molecule has 1 unspecified atom stereocenters. The van der Waals surface area contributed by atoms with Crippen LogP contribution < -0.4 is 11.3 Å². The molecule has 0 amide bonds. The Morgan fingerprint density at radius 2 is 2.05 bits per heavy atom. The predicted octanol–water partition coefficient (Wildman–Crippen LogP) is 3.71. The largest absolute Gasteiger partial charge is 0.416 e. The molecule has 1 rings (SSSR count). The van der Waals surface area contributed by atoms with E-state index in [1.54, 1.807) is 0 Å². The lowest BCUT2D eigenvalue weighted by Gasteiger charge is -2.19. The first-order valence-corrected chi connectivity index (χ1v) is 5.79. The van der Waals surface area contributed by atoms with Crippen LogP contribution in [0, 0.1) is 5.82 Å². The van der Waals surface area contributed by atoms with Gasteiger partial charge in [0, 0.05) is 5.56 Å². The second kappa shape index (κ2) is 6.16. The van der Waals surface area contributed by atoms with E-state index < -0.39 is 23.6 Å². The first-order valence-electron chi connectivity index (χ1n) is 5.79. The average Bonchev–Trinajstić information content (AvgIpc) is 2.35. The standard InChI is InChI=1S/C13H16F4N2/c1-3-8(2)6-12(19-18)10-7-9(13(15,16)17)4-5-11(10)14/h4-5,7,12,19H,2-3,6,18H2,1H3. The molecule has 106 valence electrons. The molecule has 1 aromatic carbocycles. The van der Waals surface area contributed by atoms with Gasteiger partial charge in [-0.15, -0.1) is 0 Å². The molecule has 0 fully saturated rings. The summed E-state index contributed by atoms with van der Waals surface area (Å²) in [6, 6.07) is 1.57. The van der Waals surface area contributed by atoms with Gasteiger partial charge in [0.05, 0.1) is 11.6 Å². The smallest absolute Gasteiger partial charge is 0.271 e. The molecule has 6 heteroatoms. The molecule has 0 aliphatic heterocycles. The van der Waals surface area contributed by atoms with Crippen molar-refractivity contribution in [2.24, 2.45) is 5.84 Å². The number of rotatable bonds is 5. The van der Waals surface area contributed by atoms with Gasteiger partial charge in [-0.05, 0) is 31.0 Å². The van der Waals surface area contributed by atoms with Crippen molar-refractivity contribution in [1.82, 2.24) is 5.43 Å². The molecule has 0 saturated heterocycles. The van der Waals surface area contributed by atoms with Crippen molar-refractivity contribution in [3.05, 3.63) is 47.3 Å². The molecular formula is C13H16F4N2. The van der Waals surface area contributed by atoms with Gasteiger partial charge in [-0.3, -0.25) is 11.3 Å². The zero-order valence-electron chi connectivity index (χ0n) is 10.5. The lowest BCUT2D eigenvalue weighted by atomic mass is 9.97. The number of nitrogens with one attached hydrogen (secondary N) is 1. The average molecular weight is 276 g/mol. The van der Waals surface area contributed by atoms with Gasteiger partial charge in [0.2, 0.25) is 0 Å². The summed E-state index contributed by atoms with van der Waals surface area (Å²) >= 11 is 0. The number of hydrogen-bond donors (Lipinski definition) is 2. The second-order valence-corrected chi connectivity index (χ2v) is 4.26. The number of halogens is 4. The van der Waals surface area contributed by atoms with Gasteiger partial charge in [0.25, 0.3) is 0 Å². The molecule has 2 nitrogen and oxygen atoms in total. The Hall–Kier alpha value is -1.40. The summed E-state index contributed by atoms with van der Waals surface area (Å²) in [5, 5.41) is 0. The zero-order chi connectivity index (χ0) is 14.6. The molecule has 0 aromatic heterocycles. The van der Waals surface area contributed by atoms with Gasteiger partial charge in [0.1, 0.15) is 5.82 Å². The highest BCUT2D eigenvalue weighted by molar-refractivity contribution is 5.30. The maximum absolute atomic E-state index is 13.7. The van der Waals surface area contributed by atoms with E-state index in [1.165, 1.54) is 0 Å². The Kier molecular flexibility index (Phi) is 5.08. The summed E-state index contributed by atoms with van der Waals surface area (Å²) in [6.07, 6.45) is -3.58. The molecular weight excluding hydrogens is 260 g/mol. The number of alkyl halides is 3. The van der Waals surface area contributed by atoms with Gasteiger partial charge in [-0.2, -0.15) is 13.2 Å². The van der Waals surface area contributed by atoms with Crippen LogP contribution in [-0.2, 0) is 6.18 Å². The molecule has 1 atom stereocenters. The zero-order valence-corrected chi connectivity index (χ0v) is 10.5. The van der Waals surface area contributed by atoms with E-state index in [9.17, 15) is 17.6 Å². The number of nitrogens with two attached hydrogens (primary N) is 1. The fourth-order valence-corrected chi connectivity index (χ4v) is 1.68. The van der Waals surface area contributed by atoms with Crippen LogP contribution in [0.5, 0.6) is 0 Å². The lowest BCUT2D eigenvalue weighted by molar-refractivity contribution is -0.137. The summed E-state index contributed by atoms with van der Waals surface area (Å²) in [5.74, 6) is 4.57. The molecule has 0 radical (unpaired) electrons. The first kappa shape index (κ1) is 15.7. The Morgan fingerprint density at radius 1 is 1.42 bits per heavy atom. The second-order valence-electron chi connectivity index (χ2n) is 4.26. The van der Waals surface area contributed by atoms with Crippen molar-refractivity contribution in [3.8, 4) is 0 Å². The third kappa shape index (κ3) is 4.04. The highest BCUT2D eigenvalue weighted by Crippen LogP contribution is 2.33. The predicted molar refractivity (Wildman–Crippen MR) is 65.5 cm³/mol. The highest BCUT2D eigenvalue weighted by atomic mass is 19.4. The van der Waals surface area contributed by atoms with Gasteiger partial charge in [-0.25, -0.2) is 4.39 Å². The number of hydrazine groups is 1. The topological polar surface area (TPSA) is 38.0 Å². The fraction of sp³-hybridized carbons (Fsp3) is 0.385. The van der Waals surface area contributed by atoms with Crippen LogP contribution in [0.3, 0.4) is 0 Å². The van der Waals surface area contributed by atoms with Crippen molar-refractivity contribution >= 4 is 0 Å². The van der Waals surface area contributed by atoms with E-state index in [2.05, 4.69) is 12.0 Å². The molecule has 1 aromatic rings. The van der Waals surface area contributed by atoms with Crippen LogP contribution in [0.4, 0.5) is 17.6 Å². The Morgan fingerprint density at radius 3 is 2.53 bits per heavy atom. The van der Waals surface area contributed by atoms with Crippen LogP contribution in [-0.4, -0.2) is 0 Å². The van der Waals surface area contributed by atoms with Gasteiger partial charge in [0.15, 0.2) is 0 Å². The Bertz CT molecular complexity index is 454.